The van der Waals surface area contributed by atoms with Gasteiger partial charge >= 0.3 is 5.97 Å². The third kappa shape index (κ3) is 4.53. The summed E-state index contributed by atoms with van der Waals surface area (Å²) in [5.74, 6) is 2.46. The minimum absolute atomic E-state index is 0.0475. The molecule has 0 amide bonds. The highest BCUT2D eigenvalue weighted by Crippen LogP contribution is 2.76. The number of ether oxygens (including phenoxy) is 1. The summed E-state index contributed by atoms with van der Waals surface area (Å²) in [5.41, 5.74) is 11.0. The fraction of sp³-hybridized carbons (Fsp3) is 0.732. The molecule has 0 bridgehead atoms. The Bertz CT molecular complexity index is 1380. The van der Waals surface area contributed by atoms with E-state index in [0.717, 1.165) is 36.2 Å². The maximum absolute atomic E-state index is 14.6. The molecule has 2 N–H and O–H groups in total. The molecule has 0 radical (unpaired) electrons. The molecular weight excluding hydrogens is 557 g/mol. The highest BCUT2D eigenvalue weighted by Gasteiger charge is 2.69. The lowest BCUT2D eigenvalue weighted by atomic mass is 9.33. The largest absolute Gasteiger partial charge is 0.460 e. The van der Waals surface area contributed by atoms with Gasteiger partial charge in [0.15, 0.2) is 0 Å². The third-order valence-corrected chi connectivity index (χ3v) is 15.9. The van der Waals surface area contributed by atoms with Crippen LogP contribution in [0, 0.1) is 50.7 Å². The molecule has 1 aromatic rings. The molecule has 9 atom stereocenters. The predicted molar refractivity (Wildman–Crippen MR) is 180 cm³/mol. The van der Waals surface area contributed by atoms with E-state index >= 15 is 0 Å². The smallest absolute Gasteiger partial charge is 0.315 e. The second kappa shape index (κ2) is 10.8. The van der Waals surface area contributed by atoms with E-state index in [9.17, 15) is 9.18 Å². The zero-order valence-electron chi connectivity index (χ0n) is 28.7. The molecule has 7 rings (SSSR count). The van der Waals surface area contributed by atoms with E-state index in [2.05, 4.69) is 46.8 Å². The fourth-order valence-corrected chi connectivity index (χ4v) is 13.1. The van der Waals surface area contributed by atoms with Crippen molar-refractivity contribution in [3.05, 3.63) is 59.2 Å². The first-order valence-corrected chi connectivity index (χ1v) is 18.3. The highest BCUT2D eigenvalue weighted by atomic mass is 19.1. The predicted octanol–water partition coefficient (Wildman–Crippen LogP) is 9.90. The summed E-state index contributed by atoms with van der Waals surface area (Å²) >= 11 is 0. The molecular formula is C41H58FNO2. The third-order valence-electron chi connectivity index (χ3n) is 15.9. The summed E-state index contributed by atoms with van der Waals surface area (Å²) in [6.07, 6.45) is 19.3. The number of hydrogen-bond acceptors (Lipinski definition) is 3. The van der Waals surface area contributed by atoms with E-state index in [1.807, 2.05) is 30.3 Å². The van der Waals surface area contributed by atoms with Crippen LogP contribution in [0.4, 0.5) is 4.39 Å². The zero-order valence-corrected chi connectivity index (χ0v) is 28.7. The van der Waals surface area contributed by atoms with Crippen LogP contribution in [0.2, 0.25) is 0 Å². The van der Waals surface area contributed by atoms with Crippen molar-refractivity contribution < 1.29 is 13.9 Å². The van der Waals surface area contributed by atoms with Crippen LogP contribution in [-0.2, 0) is 16.1 Å². The molecule has 6 aliphatic carbocycles. The van der Waals surface area contributed by atoms with Crippen LogP contribution in [0.1, 0.15) is 124 Å². The standard InChI is InChI=1S/C41H58FNO2/c1-36(2)30(29-15-22-40(27-42,23-16-29)35(44)45-26-28-10-7-6-8-11-28)17-20-37(3)33(36)18-21-39(5)34(37)14-13-31-32-12-9-19-41(32,43)25-24-38(31,39)4/h6-8,10-11,15,17,31-34H,9,12-14,16,18-27,43H2,1-5H3/t31?,32-,33?,34?,37?,38-,39?,40-,41?/m1/s1. The quantitative estimate of drug-likeness (QED) is 0.336. The number of nitrogens with two attached hydrogens (primary N) is 1. The van der Waals surface area contributed by atoms with E-state index in [-0.39, 0.29) is 23.0 Å². The van der Waals surface area contributed by atoms with E-state index in [1.165, 1.54) is 68.9 Å². The van der Waals surface area contributed by atoms with Gasteiger partial charge in [-0.2, -0.15) is 0 Å². The number of hydrogen-bond donors (Lipinski definition) is 1. The minimum atomic E-state index is -1.06. The van der Waals surface area contributed by atoms with Crippen molar-refractivity contribution >= 4 is 5.97 Å². The molecule has 4 saturated carbocycles. The van der Waals surface area contributed by atoms with Gasteiger partial charge in [0.2, 0.25) is 0 Å². The topological polar surface area (TPSA) is 52.3 Å². The van der Waals surface area contributed by atoms with E-state index in [1.54, 1.807) is 0 Å². The van der Waals surface area contributed by atoms with Gasteiger partial charge in [-0.05, 0) is 139 Å². The molecule has 6 unspecified atom stereocenters. The first kappa shape index (κ1) is 31.6. The molecule has 0 aliphatic heterocycles. The lowest BCUT2D eigenvalue weighted by molar-refractivity contribution is -0.216. The van der Waals surface area contributed by atoms with Gasteiger partial charge < -0.3 is 10.5 Å². The Morgan fingerprint density at radius 3 is 2.33 bits per heavy atom. The van der Waals surface area contributed by atoms with E-state index in [4.69, 9.17) is 10.5 Å². The van der Waals surface area contributed by atoms with Gasteiger partial charge in [0.25, 0.3) is 0 Å². The van der Waals surface area contributed by atoms with Gasteiger partial charge in [0.1, 0.15) is 13.3 Å². The fourth-order valence-electron chi connectivity index (χ4n) is 13.1. The Kier molecular flexibility index (Phi) is 7.59. The molecule has 6 aliphatic rings. The second-order valence-corrected chi connectivity index (χ2v) is 17.9. The maximum Gasteiger partial charge on any atom is 0.315 e. The van der Waals surface area contributed by atoms with E-state index in [0.29, 0.717) is 29.6 Å². The Morgan fingerprint density at radius 2 is 1.62 bits per heavy atom. The molecule has 0 aromatic heterocycles. The summed E-state index contributed by atoms with van der Waals surface area (Å²) in [4.78, 5) is 13.2. The average molecular weight is 616 g/mol. The monoisotopic (exact) mass is 615 g/mol. The second-order valence-electron chi connectivity index (χ2n) is 17.9. The molecule has 0 heterocycles. The number of rotatable bonds is 5. The molecule has 0 spiro atoms. The normalized spacial score (nSPS) is 45.2. The number of allylic oxidation sites excluding steroid dienone is 4. The van der Waals surface area contributed by atoms with Gasteiger partial charge in [-0.15, -0.1) is 0 Å². The average Bonchev–Trinajstić information content (AvgIpc) is 3.42. The van der Waals surface area contributed by atoms with Crippen molar-refractivity contribution in [3.8, 4) is 0 Å². The summed E-state index contributed by atoms with van der Waals surface area (Å²) in [7, 11) is 0. The van der Waals surface area contributed by atoms with Crippen LogP contribution in [0.3, 0.4) is 0 Å². The minimum Gasteiger partial charge on any atom is -0.460 e. The number of benzene rings is 1. The number of halogens is 1. The number of fused-ring (bicyclic) bond motifs is 7. The van der Waals surface area contributed by atoms with Crippen LogP contribution in [0.5, 0.6) is 0 Å². The summed E-state index contributed by atoms with van der Waals surface area (Å²) in [6.45, 7) is 12.6. The van der Waals surface area contributed by atoms with Crippen molar-refractivity contribution in [2.24, 2.45) is 56.5 Å². The van der Waals surface area contributed by atoms with Crippen molar-refractivity contribution in [1.29, 1.82) is 0 Å². The van der Waals surface area contributed by atoms with Crippen LogP contribution in [-0.4, -0.2) is 18.2 Å². The highest BCUT2D eigenvalue weighted by molar-refractivity contribution is 5.78. The summed E-state index contributed by atoms with van der Waals surface area (Å²) in [5, 5.41) is 0. The molecule has 3 nitrogen and oxygen atoms in total. The molecule has 1 aromatic carbocycles. The number of alkyl halides is 1. The van der Waals surface area contributed by atoms with Gasteiger partial charge in [0.05, 0.1) is 5.41 Å². The SMILES string of the molecule is CC1(C)C(C2=CC[C@@](CF)(C(=O)OCc3ccccc3)CC2)=CCC2(C)C1CCC1(C)C2CCC2[C@H]3CCCC3(N)CC[C@]21C. The van der Waals surface area contributed by atoms with Gasteiger partial charge in [-0.3, -0.25) is 4.79 Å². The van der Waals surface area contributed by atoms with Crippen LogP contribution in [0.15, 0.2) is 53.6 Å². The molecule has 4 fully saturated rings. The Morgan fingerprint density at radius 1 is 0.844 bits per heavy atom. The van der Waals surface area contributed by atoms with Crippen molar-refractivity contribution in [1.82, 2.24) is 0 Å². The first-order chi connectivity index (χ1) is 21.3. The summed E-state index contributed by atoms with van der Waals surface area (Å²) in [6, 6.07) is 9.69. The number of esters is 1. The Balaban J connectivity index is 1.11. The maximum atomic E-state index is 14.6. The summed E-state index contributed by atoms with van der Waals surface area (Å²) < 4.78 is 20.3. The van der Waals surface area contributed by atoms with Crippen molar-refractivity contribution in [2.45, 2.75) is 130 Å². The van der Waals surface area contributed by atoms with Crippen LogP contribution >= 0.6 is 0 Å². The number of carbonyl (C=O) groups excluding carboxylic acids is 1. The van der Waals surface area contributed by atoms with Gasteiger partial charge in [0, 0.05) is 5.54 Å². The van der Waals surface area contributed by atoms with Gasteiger partial charge in [-0.25, -0.2) is 4.39 Å². The van der Waals surface area contributed by atoms with E-state index < -0.39 is 18.1 Å². The van der Waals surface area contributed by atoms with Crippen LogP contribution < -0.4 is 5.73 Å². The molecule has 4 heteroatoms. The van der Waals surface area contributed by atoms with Crippen molar-refractivity contribution in [3.63, 3.8) is 0 Å². The number of carbonyl (C=O) groups is 1. The van der Waals surface area contributed by atoms with Crippen molar-refractivity contribution in [2.75, 3.05) is 6.67 Å². The molecule has 45 heavy (non-hydrogen) atoms. The molecule has 246 valence electrons. The lowest BCUT2D eigenvalue weighted by Crippen LogP contribution is -2.66. The van der Waals surface area contributed by atoms with Gasteiger partial charge in [-0.1, -0.05) is 83.5 Å². The zero-order chi connectivity index (χ0) is 31.9. The molecule has 0 saturated heterocycles. The lowest BCUT2D eigenvalue weighted by Gasteiger charge is -2.72. The van der Waals surface area contributed by atoms with Crippen LogP contribution in [0.25, 0.3) is 0 Å². The Labute approximate surface area is 272 Å². The Hall–Kier alpha value is -1.94. The first-order valence-electron chi connectivity index (χ1n) is 18.3.